The molecule has 0 saturated carbocycles. The third-order valence-corrected chi connectivity index (χ3v) is 5.58. The van der Waals surface area contributed by atoms with Crippen LogP contribution in [0, 0.1) is 0 Å². The zero-order valence-electron chi connectivity index (χ0n) is 17.2. The molecule has 1 aromatic heterocycles. The van der Waals surface area contributed by atoms with Crippen LogP contribution in [0.3, 0.4) is 0 Å². The number of aryl methyl sites for hydroxylation is 2. The lowest BCUT2D eigenvalue weighted by Gasteiger charge is -2.29. The molecule has 0 bridgehead atoms. The van der Waals surface area contributed by atoms with Crippen LogP contribution in [0.1, 0.15) is 41.1 Å². The lowest BCUT2D eigenvalue weighted by Crippen LogP contribution is -2.39. The minimum Gasteiger partial charge on any atom is -0.441 e. The minimum atomic E-state index is -0.208. The number of benzene rings is 2. The number of amides is 1. The molecule has 2 heterocycles. The molecule has 1 saturated heterocycles. The molecule has 0 unspecified atom stereocenters. The summed E-state index contributed by atoms with van der Waals surface area (Å²) in [7, 11) is 0. The van der Waals surface area contributed by atoms with Gasteiger partial charge in [-0.25, -0.2) is 4.98 Å². The van der Waals surface area contributed by atoms with Crippen molar-refractivity contribution in [3.05, 3.63) is 65.5 Å². The predicted octanol–water partition coefficient (Wildman–Crippen LogP) is 3.19. The number of oxazole rings is 1. The summed E-state index contributed by atoms with van der Waals surface area (Å²) in [5.41, 5.74) is 3.27. The normalized spacial score (nSPS) is 17.3. The minimum absolute atomic E-state index is 0.0931. The number of aliphatic hydroxyl groups is 1. The largest absolute Gasteiger partial charge is 0.441 e. The van der Waals surface area contributed by atoms with E-state index in [1.54, 1.807) is 12.1 Å². The SMILES string of the molecule is O=C(NCCCN1CCC[C@@H](O)C1)c1ccc2oc(CCc3ccccc3)nc2c1. The summed E-state index contributed by atoms with van der Waals surface area (Å²) < 4.78 is 5.83. The number of rotatable bonds is 8. The maximum atomic E-state index is 12.5. The van der Waals surface area contributed by atoms with Gasteiger partial charge in [-0.05, 0) is 62.5 Å². The van der Waals surface area contributed by atoms with Gasteiger partial charge in [0.05, 0.1) is 6.10 Å². The number of aromatic nitrogens is 1. The smallest absolute Gasteiger partial charge is 0.251 e. The van der Waals surface area contributed by atoms with E-state index in [0.29, 0.717) is 29.1 Å². The molecule has 0 spiro atoms. The lowest BCUT2D eigenvalue weighted by molar-refractivity contribution is 0.0697. The van der Waals surface area contributed by atoms with Crippen molar-refractivity contribution < 1.29 is 14.3 Å². The van der Waals surface area contributed by atoms with Gasteiger partial charge in [0.15, 0.2) is 11.5 Å². The summed E-state index contributed by atoms with van der Waals surface area (Å²) >= 11 is 0. The second-order valence-electron chi connectivity index (χ2n) is 7.98. The summed E-state index contributed by atoms with van der Waals surface area (Å²) in [5.74, 6) is 0.597. The fourth-order valence-corrected chi connectivity index (χ4v) is 3.96. The summed E-state index contributed by atoms with van der Waals surface area (Å²) in [6, 6.07) is 15.7. The van der Waals surface area contributed by atoms with Gasteiger partial charge in [0, 0.05) is 25.1 Å². The van der Waals surface area contributed by atoms with Gasteiger partial charge in [0.1, 0.15) is 5.52 Å². The van der Waals surface area contributed by atoms with E-state index in [2.05, 4.69) is 27.3 Å². The van der Waals surface area contributed by atoms with Crippen molar-refractivity contribution in [3.63, 3.8) is 0 Å². The van der Waals surface area contributed by atoms with Gasteiger partial charge in [0.2, 0.25) is 0 Å². The fraction of sp³-hybridized carbons (Fsp3) is 0.417. The van der Waals surface area contributed by atoms with E-state index < -0.39 is 0 Å². The molecular formula is C24H29N3O3. The lowest BCUT2D eigenvalue weighted by atomic mass is 10.1. The number of piperidine rings is 1. The van der Waals surface area contributed by atoms with E-state index >= 15 is 0 Å². The Hall–Kier alpha value is -2.70. The summed E-state index contributed by atoms with van der Waals surface area (Å²) in [5, 5.41) is 12.7. The maximum Gasteiger partial charge on any atom is 0.251 e. The molecule has 1 fully saturated rings. The molecular weight excluding hydrogens is 378 g/mol. The first-order valence-corrected chi connectivity index (χ1v) is 10.8. The number of nitrogens with one attached hydrogen (secondary N) is 1. The number of hydrogen-bond donors (Lipinski definition) is 2. The van der Waals surface area contributed by atoms with Crippen molar-refractivity contribution >= 4 is 17.0 Å². The van der Waals surface area contributed by atoms with Crippen molar-refractivity contribution in [2.75, 3.05) is 26.2 Å². The van der Waals surface area contributed by atoms with Crippen LogP contribution in [-0.4, -0.2) is 53.2 Å². The Balaban J connectivity index is 1.27. The predicted molar refractivity (Wildman–Crippen MR) is 116 cm³/mol. The number of carbonyl (C=O) groups excluding carboxylic acids is 1. The maximum absolute atomic E-state index is 12.5. The molecule has 158 valence electrons. The standard InChI is InChI=1S/C24H29N3O3/c28-20-8-4-14-27(17-20)15-5-13-25-24(29)19-10-11-22-21(16-19)26-23(30-22)12-9-18-6-2-1-3-7-18/h1-3,6-7,10-11,16,20,28H,4-5,8-9,12-15,17H2,(H,25,29)/t20-/m1/s1. The molecule has 6 heteroatoms. The molecule has 0 aliphatic carbocycles. The number of aliphatic hydroxyl groups excluding tert-OH is 1. The molecule has 3 aromatic rings. The Morgan fingerprint density at radius 1 is 1.20 bits per heavy atom. The Labute approximate surface area is 176 Å². The summed E-state index contributed by atoms with van der Waals surface area (Å²) in [6.07, 6.45) is 4.19. The van der Waals surface area contributed by atoms with E-state index in [4.69, 9.17) is 4.42 Å². The van der Waals surface area contributed by atoms with Crippen LogP contribution >= 0.6 is 0 Å². The molecule has 30 heavy (non-hydrogen) atoms. The summed E-state index contributed by atoms with van der Waals surface area (Å²) in [6.45, 7) is 3.28. The Kier molecular flexibility index (Phi) is 6.77. The highest BCUT2D eigenvalue weighted by atomic mass is 16.3. The van der Waals surface area contributed by atoms with Gasteiger partial charge in [-0.1, -0.05) is 30.3 Å². The zero-order chi connectivity index (χ0) is 20.8. The number of nitrogens with zero attached hydrogens (tertiary/aromatic N) is 2. The second kappa shape index (κ2) is 9.87. The molecule has 2 N–H and O–H groups in total. The fourth-order valence-electron chi connectivity index (χ4n) is 3.96. The van der Waals surface area contributed by atoms with Crippen LogP contribution in [0.4, 0.5) is 0 Å². The number of likely N-dealkylation sites (tertiary alicyclic amines) is 1. The van der Waals surface area contributed by atoms with E-state index in [1.807, 2.05) is 24.3 Å². The Morgan fingerprint density at radius 2 is 2.07 bits per heavy atom. The Bertz CT molecular complexity index is 970. The number of β-amino-alcohol motifs (C(OH)–C–C–N with tert-alkyl or cyclic N) is 1. The third-order valence-electron chi connectivity index (χ3n) is 5.58. The highest BCUT2D eigenvalue weighted by molar-refractivity contribution is 5.97. The molecule has 6 nitrogen and oxygen atoms in total. The van der Waals surface area contributed by atoms with Crippen LogP contribution in [0.15, 0.2) is 52.9 Å². The van der Waals surface area contributed by atoms with E-state index in [1.165, 1.54) is 5.56 Å². The summed E-state index contributed by atoms with van der Waals surface area (Å²) in [4.78, 5) is 19.3. The third kappa shape index (κ3) is 5.46. The average molecular weight is 408 g/mol. The Morgan fingerprint density at radius 3 is 2.90 bits per heavy atom. The van der Waals surface area contributed by atoms with E-state index in [-0.39, 0.29) is 12.0 Å². The highest BCUT2D eigenvalue weighted by Gasteiger charge is 2.17. The van der Waals surface area contributed by atoms with Gasteiger partial charge in [-0.2, -0.15) is 0 Å². The molecule has 4 rings (SSSR count). The van der Waals surface area contributed by atoms with Gasteiger partial charge in [-0.3, -0.25) is 4.79 Å². The average Bonchev–Trinajstić information content (AvgIpc) is 3.18. The van der Waals surface area contributed by atoms with Crippen molar-refractivity contribution in [1.82, 2.24) is 15.2 Å². The number of carbonyl (C=O) groups is 1. The second-order valence-corrected chi connectivity index (χ2v) is 7.98. The molecule has 1 aliphatic heterocycles. The number of fused-ring (bicyclic) bond motifs is 1. The van der Waals surface area contributed by atoms with Gasteiger partial charge in [-0.15, -0.1) is 0 Å². The van der Waals surface area contributed by atoms with Crippen LogP contribution in [0.2, 0.25) is 0 Å². The molecule has 1 atom stereocenters. The van der Waals surface area contributed by atoms with Crippen molar-refractivity contribution in [2.45, 2.75) is 38.2 Å². The topological polar surface area (TPSA) is 78.6 Å². The monoisotopic (exact) mass is 407 g/mol. The zero-order valence-corrected chi connectivity index (χ0v) is 17.2. The highest BCUT2D eigenvalue weighted by Crippen LogP contribution is 2.19. The molecule has 1 amide bonds. The molecule has 1 aliphatic rings. The first-order chi connectivity index (χ1) is 14.7. The van der Waals surface area contributed by atoms with Crippen LogP contribution in [-0.2, 0) is 12.8 Å². The van der Waals surface area contributed by atoms with Gasteiger partial charge >= 0.3 is 0 Å². The molecule has 2 aromatic carbocycles. The van der Waals surface area contributed by atoms with Crippen molar-refractivity contribution in [1.29, 1.82) is 0 Å². The van der Waals surface area contributed by atoms with E-state index in [0.717, 1.165) is 51.7 Å². The van der Waals surface area contributed by atoms with Gasteiger partial charge in [0.25, 0.3) is 5.91 Å². The van der Waals surface area contributed by atoms with Crippen molar-refractivity contribution in [2.24, 2.45) is 0 Å². The quantitative estimate of drug-likeness (QED) is 0.561. The first kappa shape index (κ1) is 20.6. The molecule has 0 radical (unpaired) electrons. The van der Waals surface area contributed by atoms with Crippen LogP contribution in [0.25, 0.3) is 11.1 Å². The van der Waals surface area contributed by atoms with E-state index in [9.17, 15) is 9.90 Å². The van der Waals surface area contributed by atoms with Crippen LogP contribution in [0.5, 0.6) is 0 Å². The number of hydrogen-bond acceptors (Lipinski definition) is 5. The van der Waals surface area contributed by atoms with Crippen LogP contribution < -0.4 is 5.32 Å². The van der Waals surface area contributed by atoms with Crippen molar-refractivity contribution in [3.8, 4) is 0 Å². The van der Waals surface area contributed by atoms with Gasteiger partial charge < -0.3 is 19.7 Å². The first-order valence-electron chi connectivity index (χ1n) is 10.8.